The van der Waals surface area contributed by atoms with Crippen LogP contribution in [0.3, 0.4) is 0 Å². The number of carbonyl (C=O) groups is 1. The molecule has 4 rings (SSSR count). The summed E-state index contributed by atoms with van der Waals surface area (Å²) < 4.78 is 49.9. The van der Waals surface area contributed by atoms with Crippen molar-refractivity contribution in [2.24, 2.45) is 11.8 Å². The highest BCUT2D eigenvalue weighted by molar-refractivity contribution is 7.91. The van der Waals surface area contributed by atoms with Crippen LogP contribution in [-0.4, -0.2) is 83.2 Å². The Balaban J connectivity index is 1.29. The van der Waals surface area contributed by atoms with Crippen LogP contribution in [0.15, 0.2) is 47.4 Å². The average Bonchev–Trinajstić information content (AvgIpc) is 2.97. The molecule has 2 aromatic rings. The maximum Gasteiger partial charge on any atom is 0.230 e. The van der Waals surface area contributed by atoms with E-state index in [0.29, 0.717) is 65.4 Å². The van der Waals surface area contributed by atoms with E-state index in [9.17, 15) is 21.6 Å². The van der Waals surface area contributed by atoms with Crippen LogP contribution < -0.4 is 4.90 Å². The van der Waals surface area contributed by atoms with Crippen LogP contribution in [0.2, 0.25) is 10.0 Å². The molecule has 0 spiro atoms. The number of amides is 1. The van der Waals surface area contributed by atoms with Crippen molar-refractivity contribution in [3.8, 4) is 0 Å². The van der Waals surface area contributed by atoms with E-state index in [1.54, 1.807) is 29.2 Å². The van der Waals surface area contributed by atoms with Gasteiger partial charge in [-0.15, -0.1) is 0 Å². The Morgan fingerprint density at radius 1 is 0.907 bits per heavy atom. The highest BCUT2D eigenvalue weighted by atomic mass is 35.5. The minimum atomic E-state index is -3.27. The Bertz CT molecular complexity index is 1450. The first kappa shape index (κ1) is 34.2. The fourth-order valence-corrected chi connectivity index (χ4v) is 8.58. The largest absolute Gasteiger partial charge is 0.312 e. The van der Waals surface area contributed by atoms with Gasteiger partial charge in [-0.1, -0.05) is 42.3 Å². The van der Waals surface area contributed by atoms with Crippen molar-refractivity contribution in [1.29, 1.82) is 0 Å². The number of piperidine rings is 2. The van der Waals surface area contributed by atoms with Crippen LogP contribution in [0.25, 0.3) is 0 Å². The molecule has 2 aliphatic rings. The second kappa shape index (κ2) is 15.1. The molecule has 0 bridgehead atoms. The number of hydrogen-bond acceptors (Lipinski definition) is 6. The molecule has 12 heteroatoms. The molecule has 0 saturated carbocycles. The zero-order valence-electron chi connectivity index (χ0n) is 25.1. The topological polar surface area (TPSA) is 95.1 Å². The van der Waals surface area contributed by atoms with Gasteiger partial charge in [0.15, 0.2) is 9.84 Å². The Hall–Kier alpha value is -1.69. The Labute approximate surface area is 267 Å². The molecule has 0 radical (unpaired) electrons. The zero-order valence-corrected chi connectivity index (χ0v) is 28.2. The van der Waals surface area contributed by atoms with Crippen LogP contribution in [-0.2, 0) is 31.1 Å². The third-order valence-corrected chi connectivity index (χ3v) is 12.6. The minimum Gasteiger partial charge on any atom is -0.312 e. The van der Waals surface area contributed by atoms with Gasteiger partial charge in [0.05, 0.1) is 26.9 Å². The summed E-state index contributed by atoms with van der Waals surface area (Å²) in [5, 5.41) is 0.822. The van der Waals surface area contributed by atoms with Gasteiger partial charge in [0, 0.05) is 31.2 Å². The number of nitrogens with zero attached hydrogens (tertiary/aromatic N) is 3. The molecule has 2 aliphatic heterocycles. The van der Waals surface area contributed by atoms with Crippen molar-refractivity contribution in [3.05, 3.63) is 58.1 Å². The summed E-state index contributed by atoms with van der Waals surface area (Å²) in [4.78, 5) is 18.3. The van der Waals surface area contributed by atoms with Crippen molar-refractivity contribution in [2.45, 2.75) is 56.8 Å². The molecule has 2 saturated heterocycles. The van der Waals surface area contributed by atoms with E-state index < -0.39 is 19.9 Å². The summed E-state index contributed by atoms with van der Waals surface area (Å²) >= 11 is 12.5. The van der Waals surface area contributed by atoms with Crippen LogP contribution in [0.4, 0.5) is 5.69 Å². The van der Waals surface area contributed by atoms with Crippen molar-refractivity contribution >= 4 is 54.7 Å². The van der Waals surface area contributed by atoms with Gasteiger partial charge in [-0.3, -0.25) is 4.79 Å². The molecular formula is C31H43Cl2N3O5S2. The Kier molecular flexibility index (Phi) is 12.0. The molecule has 0 atom stereocenters. The van der Waals surface area contributed by atoms with E-state index in [-0.39, 0.29) is 17.6 Å². The SMILES string of the molecule is CCCS(=O)(=O)c1ccc(CC2CCN(CCCN(C(=O)C3CCN(S(C)(=O)=O)CC3)c3ccc(Cl)c(Cl)c3)CC2)cc1. The second-order valence-corrected chi connectivity index (χ2v) is 16.7. The minimum absolute atomic E-state index is 0.00115. The standard InChI is InChI=1S/C31H43Cl2N3O5S2/c1-3-21-43(40,41)28-8-5-24(6-9-28)22-25-11-17-34(18-12-25)15-4-16-36(27-7-10-29(32)30(33)23-27)31(37)26-13-19-35(20-14-26)42(2,38)39/h5-10,23,25-26H,3-4,11-22H2,1-2H3. The van der Waals surface area contributed by atoms with Gasteiger partial charge >= 0.3 is 0 Å². The van der Waals surface area contributed by atoms with Crippen molar-refractivity contribution < 1.29 is 21.6 Å². The lowest BCUT2D eigenvalue weighted by atomic mass is 9.90. The Morgan fingerprint density at radius 2 is 1.56 bits per heavy atom. The van der Waals surface area contributed by atoms with Crippen LogP contribution in [0.1, 0.15) is 51.0 Å². The van der Waals surface area contributed by atoms with E-state index in [0.717, 1.165) is 45.3 Å². The van der Waals surface area contributed by atoms with Gasteiger partial charge in [-0.25, -0.2) is 21.1 Å². The van der Waals surface area contributed by atoms with E-state index in [2.05, 4.69) is 4.90 Å². The van der Waals surface area contributed by atoms with E-state index >= 15 is 0 Å². The third-order valence-electron chi connectivity index (χ3n) is 8.60. The van der Waals surface area contributed by atoms with Gasteiger partial charge in [0.1, 0.15) is 0 Å². The molecule has 238 valence electrons. The molecule has 0 aliphatic carbocycles. The summed E-state index contributed by atoms with van der Waals surface area (Å²) in [7, 11) is -6.46. The number of sulfone groups is 1. The average molecular weight is 673 g/mol. The maximum absolute atomic E-state index is 13.7. The van der Waals surface area contributed by atoms with Gasteiger partial charge in [-0.05, 0) is 106 Å². The molecule has 43 heavy (non-hydrogen) atoms. The molecule has 0 aromatic heterocycles. The number of benzene rings is 2. The number of rotatable bonds is 12. The normalized spacial score (nSPS) is 18.1. The van der Waals surface area contributed by atoms with Gasteiger partial charge in [-0.2, -0.15) is 0 Å². The van der Waals surface area contributed by atoms with Gasteiger partial charge in [0.2, 0.25) is 15.9 Å². The third kappa shape index (κ3) is 9.41. The molecule has 2 aromatic carbocycles. The lowest BCUT2D eigenvalue weighted by Crippen LogP contribution is -2.45. The van der Waals surface area contributed by atoms with Crippen LogP contribution in [0.5, 0.6) is 0 Å². The monoisotopic (exact) mass is 671 g/mol. The van der Waals surface area contributed by atoms with Gasteiger partial charge < -0.3 is 9.80 Å². The fourth-order valence-electron chi connectivity index (χ4n) is 6.09. The van der Waals surface area contributed by atoms with Crippen LogP contribution in [0, 0.1) is 11.8 Å². The predicted molar refractivity (Wildman–Crippen MR) is 174 cm³/mol. The molecule has 2 heterocycles. The van der Waals surface area contributed by atoms with E-state index in [1.807, 2.05) is 25.1 Å². The highest BCUT2D eigenvalue weighted by Gasteiger charge is 2.32. The molecule has 1 amide bonds. The summed E-state index contributed by atoms with van der Waals surface area (Å²) in [5.74, 6) is 0.485. The zero-order chi connectivity index (χ0) is 31.2. The lowest BCUT2D eigenvalue weighted by molar-refractivity contribution is -0.123. The number of halogens is 2. The lowest BCUT2D eigenvalue weighted by Gasteiger charge is -2.35. The highest BCUT2D eigenvalue weighted by Crippen LogP contribution is 2.30. The van der Waals surface area contributed by atoms with Crippen molar-refractivity contribution in [1.82, 2.24) is 9.21 Å². The number of carbonyl (C=O) groups excluding carboxylic acids is 1. The number of anilines is 1. The number of likely N-dealkylation sites (tertiary alicyclic amines) is 1. The molecule has 2 fully saturated rings. The summed E-state index contributed by atoms with van der Waals surface area (Å²) in [5.41, 5.74) is 1.88. The smallest absolute Gasteiger partial charge is 0.230 e. The summed E-state index contributed by atoms with van der Waals surface area (Å²) in [6, 6.07) is 12.6. The second-order valence-electron chi connectivity index (χ2n) is 11.8. The van der Waals surface area contributed by atoms with E-state index in [1.165, 1.54) is 16.1 Å². The Morgan fingerprint density at radius 3 is 2.14 bits per heavy atom. The first-order valence-electron chi connectivity index (χ1n) is 15.1. The number of sulfonamides is 1. The molecule has 0 unspecified atom stereocenters. The summed E-state index contributed by atoms with van der Waals surface area (Å²) in [6.07, 6.45) is 6.70. The first-order valence-corrected chi connectivity index (χ1v) is 19.4. The first-order chi connectivity index (χ1) is 20.4. The number of hydrogen-bond donors (Lipinski definition) is 0. The summed E-state index contributed by atoms with van der Waals surface area (Å²) in [6.45, 7) is 5.95. The molecule has 0 N–H and O–H groups in total. The van der Waals surface area contributed by atoms with Crippen molar-refractivity contribution in [3.63, 3.8) is 0 Å². The van der Waals surface area contributed by atoms with E-state index in [4.69, 9.17) is 23.2 Å². The van der Waals surface area contributed by atoms with Gasteiger partial charge in [0.25, 0.3) is 0 Å². The quantitative estimate of drug-likeness (QED) is 0.295. The van der Waals surface area contributed by atoms with Crippen LogP contribution >= 0.6 is 23.2 Å². The molecular weight excluding hydrogens is 629 g/mol. The maximum atomic E-state index is 13.7. The molecule has 8 nitrogen and oxygen atoms in total. The fraction of sp³-hybridized carbons (Fsp3) is 0.581. The predicted octanol–water partition coefficient (Wildman–Crippen LogP) is 5.53. The van der Waals surface area contributed by atoms with Crippen molar-refractivity contribution in [2.75, 3.05) is 56.2 Å².